The van der Waals surface area contributed by atoms with E-state index in [2.05, 4.69) is 29.9 Å². The van der Waals surface area contributed by atoms with Gasteiger partial charge >= 0.3 is 0 Å². The van der Waals surface area contributed by atoms with Crippen molar-refractivity contribution >= 4 is 40.9 Å². The van der Waals surface area contributed by atoms with Gasteiger partial charge in [0.25, 0.3) is 0 Å². The lowest BCUT2D eigenvalue weighted by Crippen LogP contribution is -2.14. The molecule has 130 valence electrons. The highest BCUT2D eigenvalue weighted by Gasteiger charge is 2.18. The Morgan fingerprint density at radius 1 is 1.32 bits per heavy atom. The van der Waals surface area contributed by atoms with Crippen LogP contribution in [0.15, 0.2) is 23.2 Å². The topological polar surface area (TPSA) is 92.7 Å². The van der Waals surface area contributed by atoms with E-state index in [1.807, 2.05) is 0 Å². The van der Waals surface area contributed by atoms with Gasteiger partial charge in [-0.05, 0) is 18.1 Å². The van der Waals surface area contributed by atoms with Gasteiger partial charge in [0.05, 0.1) is 21.5 Å². The fourth-order valence-electron chi connectivity index (χ4n) is 2.14. The molecule has 0 aliphatic carbocycles. The van der Waals surface area contributed by atoms with Crippen LogP contribution in [0.5, 0.6) is 0 Å². The van der Waals surface area contributed by atoms with Crippen LogP contribution >= 0.6 is 35.0 Å². The highest BCUT2D eigenvalue weighted by atomic mass is 35.5. The zero-order chi connectivity index (χ0) is 18.6. The number of amides is 1. The van der Waals surface area contributed by atoms with Crippen LogP contribution in [0.2, 0.25) is 10.0 Å². The Bertz CT molecular complexity index is 849. The standard InChI is InChI=1S/C17H16Cl2N4OS/c1-9(2)5-15-22-16(10-3-4-12(18)13(19)6-10)11(7-20)17(23-15)25-8-14(21)24/h3-4,6,9H,5,8H2,1-2H3,(H2,21,24). The third kappa shape index (κ3) is 5.08. The van der Waals surface area contributed by atoms with E-state index >= 15 is 0 Å². The van der Waals surface area contributed by atoms with Crippen molar-refractivity contribution in [3.8, 4) is 17.3 Å². The second-order valence-corrected chi connectivity index (χ2v) is 7.54. The first-order valence-electron chi connectivity index (χ1n) is 7.49. The molecule has 0 saturated carbocycles. The quantitative estimate of drug-likeness (QED) is 0.587. The van der Waals surface area contributed by atoms with E-state index in [9.17, 15) is 10.1 Å². The molecular formula is C17H16Cl2N4OS. The maximum absolute atomic E-state index is 11.1. The Morgan fingerprint density at radius 3 is 2.60 bits per heavy atom. The van der Waals surface area contributed by atoms with Crippen molar-refractivity contribution in [2.75, 3.05) is 5.75 Å². The summed E-state index contributed by atoms with van der Waals surface area (Å²) < 4.78 is 0. The minimum atomic E-state index is -0.478. The number of carbonyl (C=O) groups is 1. The minimum absolute atomic E-state index is 0.0353. The van der Waals surface area contributed by atoms with Gasteiger partial charge in [0.2, 0.25) is 5.91 Å². The molecule has 2 aromatic rings. The number of primary amides is 1. The average molecular weight is 395 g/mol. The number of aromatic nitrogens is 2. The Kier molecular flexibility index (Phi) is 6.65. The molecule has 0 unspecified atom stereocenters. The lowest BCUT2D eigenvalue weighted by atomic mass is 10.1. The first kappa shape index (κ1) is 19.5. The molecule has 5 nitrogen and oxygen atoms in total. The third-order valence-electron chi connectivity index (χ3n) is 3.17. The summed E-state index contributed by atoms with van der Waals surface area (Å²) >= 11 is 13.2. The predicted octanol–water partition coefficient (Wildman–Crippen LogP) is 4.10. The summed E-state index contributed by atoms with van der Waals surface area (Å²) in [6, 6.07) is 7.19. The number of rotatable bonds is 6. The molecule has 0 bridgehead atoms. The molecule has 1 aromatic heterocycles. The van der Waals surface area contributed by atoms with Crippen LogP contribution in [0.1, 0.15) is 25.2 Å². The number of nitriles is 1. The van der Waals surface area contributed by atoms with Crippen molar-refractivity contribution in [2.24, 2.45) is 11.7 Å². The molecule has 1 aromatic carbocycles. The number of thioether (sulfide) groups is 1. The molecule has 0 fully saturated rings. The fraction of sp³-hybridized carbons (Fsp3) is 0.294. The number of hydrogen-bond donors (Lipinski definition) is 1. The number of carbonyl (C=O) groups excluding carboxylic acids is 1. The molecule has 0 spiro atoms. The van der Waals surface area contributed by atoms with Crippen LogP contribution in [0.25, 0.3) is 11.3 Å². The maximum atomic E-state index is 11.1. The minimum Gasteiger partial charge on any atom is -0.369 e. The first-order chi connectivity index (χ1) is 11.8. The summed E-state index contributed by atoms with van der Waals surface area (Å²) in [6.07, 6.45) is 0.643. The van der Waals surface area contributed by atoms with Crippen molar-refractivity contribution in [1.29, 1.82) is 5.26 Å². The molecule has 0 radical (unpaired) electrons. The zero-order valence-corrected chi connectivity index (χ0v) is 16.0. The highest BCUT2D eigenvalue weighted by molar-refractivity contribution is 8.00. The van der Waals surface area contributed by atoms with Gasteiger partial charge in [-0.25, -0.2) is 9.97 Å². The third-order valence-corrected chi connectivity index (χ3v) is 4.91. The van der Waals surface area contributed by atoms with Gasteiger partial charge in [0.15, 0.2) is 0 Å². The van der Waals surface area contributed by atoms with Crippen molar-refractivity contribution in [1.82, 2.24) is 9.97 Å². The summed E-state index contributed by atoms with van der Waals surface area (Å²) in [5.74, 6) is 0.493. The molecule has 8 heteroatoms. The van der Waals surface area contributed by atoms with Crippen LogP contribution in [-0.4, -0.2) is 21.6 Å². The normalized spacial score (nSPS) is 10.7. The number of hydrogen-bond acceptors (Lipinski definition) is 5. The number of halogens is 2. The van der Waals surface area contributed by atoms with E-state index < -0.39 is 5.91 Å². The summed E-state index contributed by atoms with van der Waals surface area (Å²) in [6.45, 7) is 4.10. The Labute approximate surface area is 160 Å². The maximum Gasteiger partial charge on any atom is 0.227 e. The SMILES string of the molecule is CC(C)Cc1nc(SCC(N)=O)c(C#N)c(-c2ccc(Cl)c(Cl)c2)n1. The molecule has 0 saturated heterocycles. The molecule has 1 heterocycles. The molecule has 2 N–H and O–H groups in total. The molecule has 2 rings (SSSR count). The van der Waals surface area contributed by atoms with E-state index in [4.69, 9.17) is 28.9 Å². The lowest BCUT2D eigenvalue weighted by Gasteiger charge is -2.12. The second-order valence-electron chi connectivity index (χ2n) is 5.76. The van der Waals surface area contributed by atoms with Gasteiger partial charge in [-0.3, -0.25) is 4.79 Å². The molecule has 0 atom stereocenters. The largest absolute Gasteiger partial charge is 0.369 e. The van der Waals surface area contributed by atoms with Gasteiger partial charge in [0, 0.05) is 12.0 Å². The lowest BCUT2D eigenvalue weighted by molar-refractivity contribution is -0.115. The van der Waals surface area contributed by atoms with Gasteiger partial charge in [-0.15, -0.1) is 0 Å². The molecule has 0 aliphatic heterocycles. The Morgan fingerprint density at radius 2 is 2.04 bits per heavy atom. The second kappa shape index (κ2) is 8.52. The van der Waals surface area contributed by atoms with Crippen molar-refractivity contribution < 1.29 is 4.79 Å². The van der Waals surface area contributed by atoms with Crippen LogP contribution < -0.4 is 5.73 Å². The summed E-state index contributed by atoms with van der Waals surface area (Å²) in [5.41, 5.74) is 6.64. The van der Waals surface area contributed by atoms with Crippen LogP contribution in [0, 0.1) is 17.2 Å². The van der Waals surface area contributed by atoms with E-state index in [1.165, 1.54) is 0 Å². The van der Waals surface area contributed by atoms with Crippen molar-refractivity contribution in [3.63, 3.8) is 0 Å². The van der Waals surface area contributed by atoms with E-state index in [0.29, 0.717) is 44.5 Å². The predicted molar refractivity (Wildman–Crippen MR) is 101 cm³/mol. The average Bonchev–Trinajstić information content (AvgIpc) is 2.54. The Balaban J connectivity index is 2.62. The number of benzene rings is 1. The highest BCUT2D eigenvalue weighted by Crippen LogP contribution is 2.32. The van der Waals surface area contributed by atoms with Crippen molar-refractivity contribution in [3.05, 3.63) is 39.6 Å². The van der Waals surface area contributed by atoms with Crippen molar-refractivity contribution in [2.45, 2.75) is 25.3 Å². The first-order valence-corrected chi connectivity index (χ1v) is 9.23. The van der Waals surface area contributed by atoms with E-state index in [1.54, 1.807) is 18.2 Å². The van der Waals surface area contributed by atoms with Gasteiger partial charge in [-0.2, -0.15) is 5.26 Å². The van der Waals surface area contributed by atoms with E-state index in [0.717, 1.165) is 11.8 Å². The molecule has 1 amide bonds. The summed E-state index contributed by atoms with van der Waals surface area (Å²) in [5, 5.41) is 10.8. The van der Waals surface area contributed by atoms with Gasteiger partial charge < -0.3 is 5.73 Å². The molecule has 25 heavy (non-hydrogen) atoms. The zero-order valence-electron chi connectivity index (χ0n) is 13.7. The molecule has 0 aliphatic rings. The summed E-state index contributed by atoms with van der Waals surface area (Å²) in [4.78, 5) is 20.1. The summed E-state index contributed by atoms with van der Waals surface area (Å²) in [7, 11) is 0. The van der Waals surface area contributed by atoms with Crippen LogP contribution in [-0.2, 0) is 11.2 Å². The fourth-order valence-corrected chi connectivity index (χ4v) is 3.17. The smallest absolute Gasteiger partial charge is 0.227 e. The van der Waals surface area contributed by atoms with E-state index in [-0.39, 0.29) is 11.3 Å². The molecular weight excluding hydrogens is 379 g/mol. The van der Waals surface area contributed by atoms with Gasteiger partial charge in [0.1, 0.15) is 22.5 Å². The van der Waals surface area contributed by atoms with Gasteiger partial charge in [-0.1, -0.05) is 54.9 Å². The van der Waals surface area contributed by atoms with Crippen LogP contribution in [0.4, 0.5) is 0 Å². The number of nitrogens with zero attached hydrogens (tertiary/aromatic N) is 3. The number of nitrogens with two attached hydrogens (primary N) is 1. The monoisotopic (exact) mass is 394 g/mol. The Hall–Kier alpha value is -1.81. The van der Waals surface area contributed by atoms with Crippen LogP contribution in [0.3, 0.4) is 0 Å².